The summed E-state index contributed by atoms with van der Waals surface area (Å²) in [6.07, 6.45) is 2.16. The van der Waals surface area contributed by atoms with Gasteiger partial charge in [-0.3, -0.25) is 9.10 Å². The minimum absolute atomic E-state index is 0.158. The van der Waals surface area contributed by atoms with E-state index in [0.29, 0.717) is 23.2 Å². The van der Waals surface area contributed by atoms with Gasteiger partial charge in [0.25, 0.3) is 0 Å². The summed E-state index contributed by atoms with van der Waals surface area (Å²) in [5.74, 6) is 5.56. The van der Waals surface area contributed by atoms with Gasteiger partial charge in [-0.15, -0.1) is 0 Å². The molecule has 4 rings (SSSR count). The van der Waals surface area contributed by atoms with Crippen LogP contribution in [0.25, 0.3) is 6.08 Å². The van der Waals surface area contributed by atoms with Crippen molar-refractivity contribution in [3.63, 3.8) is 0 Å². The van der Waals surface area contributed by atoms with E-state index in [1.165, 1.54) is 12.1 Å². The van der Waals surface area contributed by atoms with Gasteiger partial charge in [-0.25, -0.2) is 8.60 Å². The van der Waals surface area contributed by atoms with Crippen molar-refractivity contribution in [2.75, 3.05) is 11.4 Å². The van der Waals surface area contributed by atoms with Crippen LogP contribution in [-0.2, 0) is 17.4 Å². The fourth-order valence-corrected chi connectivity index (χ4v) is 4.33. The average molecular weight is 415 g/mol. The van der Waals surface area contributed by atoms with Crippen molar-refractivity contribution in [2.45, 2.75) is 6.42 Å². The first-order chi connectivity index (χ1) is 14.5. The number of hydrogen-bond acceptors (Lipinski definition) is 2. The standard InChI is InChI=1S/C25H18FNO2S/c1-27-23-15-12-19(9-5-8-18-6-3-2-4-7-18)16-22(23)25(28)24(30(27)29)17-20-10-13-21(26)14-11-20/h2-4,6-7,10-17H,8H2,1H3/b24-17-. The number of allylic oxidation sites excluding steroid dienone is 1. The zero-order valence-corrected chi connectivity index (χ0v) is 17.1. The van der Waals surface area contributed by atoms with E-state index in [-0.39, 0.29) is 16.5 Å². The number of fused-ring (bicyclic) bond motifs is 1. The molecule has 3 aromatic carbocycles. The van der Waals surface area contributed by atoms with E-state index < -0.39 is 11.0 Å². The molecule has 0 saturated carbocycles. The van der Waals surface area contributed by atoms with Crippen LogP contribution in [0.3, 0.4) is 0 Å². The molecule has 0 radical (unpaired) electrons. The van der Waals surface area contributed by atoms with Gasteiger partial charge in [0.15, 0.2) is 11.0 Å². The van der Waals surface area contributed by atoms with Crippen molar-refractivity contribution < 1.29 is 13.4 Å². The van der Waals surface area contributed by atoms with E-state index in [0.717, 1.165) is 11.1 Å². The van der Waals surface area contributed by atoms with Gasteiger partial charge < -0.3 is 0 Å². The van der Waals surface area contributed by atoms with Gasteiger partial charge in [0.05, 0.1) is 5.69 Å². The second-order valence-corrected chi connectivity index (χ2v) is 8.32. The third-order valence-corrected chi connectivity index (χ3v) is 6.15. The van der Waals surface area contributed by atoms with E-state index in [4.69, 9.17) is 0 Å². The first kappa shape index (κ1) is 19.8. The quantitative estimate of drug-likeness (QED) is 0.447. The zero-order chi connectivity index (χ0) is 21.1. The molecule has 3 aromatic rings. The lowest BCUT2D eigenvalue weighted by Crippen LogP contribution is -2.31. The predicted octanol–water partition coefficient (Wildman–Crippen LogP) is 4.76. The molecule has 0 bridgehead atoms. The van der Waals surface area contributed by atoms with E-state index in [1.54, 1.807) is 41.7 Å². The van der Waals surface area contributed by atoms with Crippen LogP contribution in [0.2, 0.25) is 0 Å². The Kier molecular flexibility index (Phi) is 5.60. The lowest BCUT2D eigenvalue weighted by Gasteiger charge is -2.27. The van der Waals surface area contributed by atoms with Gasteiger partial charge in [-0.1, -0.05) is 54.3 Å². The van der Waals surface area contributed by atoms with E-state index in [9.17, 15) is 13.4 Å². The summed E-state index contributed by atoms with van der Waals surface area (Å²) >= 11 is 0. The normalized spacial score (nSPS) is 16.7. The van der Waals surface area contributed by atoms with E-state index in [1.807, 2.05) is 36.4 Å². The number of hydrogen-bond donors (Lipinski definition) is 0. The zero-order valence-electron chi connectivity index (χ0n) is 16.3. The summed E-state index contributed by atoms with van der Waals surface area (Å²) in [6, 6.07) is 21.0. The molecule has 5 heteroatoms. The van der Waals surface area contributed by atoms with Crippen molar-refractivity contribution in [3.05, 3.63) is 106 Å². The van der Waals surface area contributed by atoms with Crippen molar-refractivity contribution in [1.29, 1.82) is 0 Å². The lowest BCUT2D eigenvalue weighted by molar-refractivity contribution is 0.104. The fraction of sp³-hybridized carbons (Fsp3) is 0.0800. The lowest BCUT2D eigenvalue weighted by atomic mass is 10.0. The Morgan fingerprint density at radius 1 is 1.03 bits per heavy atom. The van der Waals surface area contributed by atoms with Crippen LogP contribution in [0.5, 0.6) is 0 Å². The smallest absolute Gasteiger partial charge is 0.205 e. The highest BCUT2D eigenvalue weighted by Crippen LogP contribution is 2.33. The third-order valence-electron chi connectivity index (χ3n) is 4.78. The highest BCUT2D eigenvalue weighted by molar-refractivity contribution is 7.91. The van der Waals surface area contributed by atoms with Crippen molar-refractivity contribution in [2.24, 2.45) is 0 Å². The highest BCUT2D eigenvalue weighted by Gasteiger charge is 2.31. The summed E-state index contributed by atoms with van der Waals surface area (Å²) in [5, 5.41) is 0. The summed E-state index contributed by atoms with van der Waals surface area (Å²) in [5.41, 5.74) is 3.52. The van der Waals surface area contributed by atoms with E-state index in [2.05, 4.69) is 11.8 Å². The summed E-state index contributed by atoms with van der Waals surface area (Å²) in [7, 11) is 0.0394. The SMILES string of the molecule is CN1c2ccc(C#CCc3ccccc3)cc2C(=O)/C(=C/c2ccc(F)cc2)S1=O. The molecule has 0 aromatic heterocycles. The van der Waals surface area contributed by atoms with Gasteiger partial charge in [0.1, 0.15) is 10.7 Å². The Morgan fingerprint density at radius 3 is 2.50 bits per heavy atom. The maximum Gasteiger partial charge on any atom is 0.205 e. The molecule has 0 amide bonds. The largest absolute Gasteiger partial charge is 0.290 e. The Labute approximate surface area is 177 Å². The number of carbonyl (C=O) groups excluding carboxylic acids is 1. The number of carbonyl (C=O) groups is 1. The van der Waals surface area contributed by atoms with Crippen LogP contribution < -0.4 is 4.31 Å². The maximum absolute atomic E-state index is 13.2. The third kappa shape index (κ3) is 4.10. The van der Waals surface area contributed by atoms with Gasteiger partial charge >= 0.3 is 0 Å². The Bertz CT molecular complexity index is 1220. The van der Waals surface area contributed by atoms with Crippen molar-refractivity contribution in [3.8, 4) is 11.8 Å². The van der Waals surface area contributed by atoms with Crippen molar-refractivity contribution in [1.82, 2.24) is 0 Å². The number of ketones is 1. The first-order valence-electron chi connectivity index (χ1n) is 9.37. The number of Topliss-reactive ketones (excluding diaryl/α,β-unsaturated/α-hetero) is 1. The Morgan fingerprint density at radius 2 is 1.77 bits per heavy atom. The second kappa shape index (κ2) is 8.48. The molecule has 3 nitrogen and oxygen atoms in total. The molecular formula is C25H18FNO2S. The number of rotatable bonds is 2. The monoisotopic (exact) mass is 415 g/mol. The van der Waals surface area contributed by atoms with Gasteiger partial charge in [-0.2, -0.15) is 0 Å². The van der Waals surface area contributed by atoms with Crippen molar-refractivity contribution >= 4 is 28.5 Å². The first-order valence-corrected chi connectivity index (χ1v) is 10.5. The van der Waals surface area contributed by atoms with E-state index >= 15 is 0 Å². The minimum Gasteiger partial charge on any atom is -0.290 e. The van der Waals surface area contributed by atoms with Crippen LogP contribution in [-0.4, -0.2) is 17.0 Å². The molecule has 148 valence electrons. The Balaban J connectivity index is 1.66. The molecule has 0 aliphatic carbocycles. The molecule has 1 heterocycles. The number of nitrogens with zero attached hydrogens (tertiary/aromatic N) is 1. The van der Waals surface area contributed by atoms with Crippen LogP contribution in [0, 0.1) is 17.7 Å². The molecule has 1 atom stereocenters. The van der Waals surface area contributed by atoms with Gasteiger partial charge in [0.2, 0.25) is 5.78 Å². The molecule has 0 N–H and O–H groups in total. The molecule has 1 aliphatic rings. The average Bonchev–Trinajstić information content (AvgIpc) is 2.77. The topological polar surface area (TPSA) is 37.4 Å². The molecule has 0 spiro atoms. The minimum atomic E-state index is -1.64. The maximum atomic E-state index is 13.2. The number of halogens is 1. The fourth-order valence-electron chi connectivity index (χ4n) is 3.19. The number of anilines is 1. The molecule has 1 unspecified atom stereocenters. The summed E-state index contributed by atoms with van der Waals surface area (Å²) < 4.78 is 27.6. The summed E-state index contributed by atoms with van der Waals surface area (Å²) in [6.45, 7) is 0. The number of benzene rings is 3. The highest BCUT2D eigenvalue weighted by atomic mass is 32.2. The van der Waals surface area contributed by atoms with Gasteiger partial charge in [-0.05, 0) is 47.5 Å². The molecular weight excluding hydrogens is 397 g/mol. The molecule has 0 saturated heterocycles. The van der Waals surface area contributed by atoms with Gasteiger partial charge in [0, 0.05) is 24.6 Å². The molecule has 0 fully saturated rings. The van der Waals surface area contributed by atoms with Crippen LogP contribution >= 0.6 is 0 Å². The van der Waals surface area contributed by atoms with Crippen LogP contribution in [0.15, 0.2) is 77.7 Å². The molecule has 30 heavy (non-hydrogen) atoms. The van der Waals surface area contributed by atoms with Crippen LogP contribution in [0.4, 0.5) is 10.1 Å². The molecule has 1 aliphatic heterocycles. The van der Waals surface area contributed by atoms with Crippen LogP contribution in [0.1, 0.15) is 27.0 Å². The second-order valence-electron chi connectivity index (χ2n) is 6.83. The Hall–Kier alpha value is -3.49. The predicted molar refractivity (Wildman–Crippen MR) is 119 cm³/mol. The summed E-state index contributed by atoms with van der Waals surface area (Å²) in [4.78, 5) is 13.2.